The zero-order valence-corrected chi connectivity index (χ0v) is 43.9. The summed E-state index contributed by atoms with van der Waals surface area (Å²) in [7, 11) is -4.19. The van der Waals surface area contributed by atoms with Gasteiger partial charge in [0, 0.05) is 62.4 Å². The number of alkyl halides is 2. The maximum atomic E-state index is 15.0. The molecule has 0 bridgehead atoms. The largest absolute Gasteiger partial charge is 0.399 e. The van der Waals surface area contributed by atoms with Gasteiger partial charge in [0.1, 0.15) is 24.7 Å². The first-order valence-corrected chi connectivity index (χ1v) is 27.8. The van der Waals surface area contributed by atoms with Gasteiger partial charge in [0.25, 0.3) is 5.91 Å². The number of piperidine rings is 3. The first-order chi connectivity index (χ1) is 35.5. The van der Waals surface area contributed by atoms with Gasteiger partial charge >= 0.3 is 18.9 Å². The van der Waals surface area contributed by atoms with Crippen LogP contribution in [-0.2, 0) is 52.4 Å². The summed E-state index contributed by atoms with van der Waals surface area (Å²) in [6, 6.07) is 17.0. The molecule has 0 radical (unpaired) electrons. The number of nitrogens with zero attached hydrogens (tertiary/aromatic N) is 5. The van der Waals surface area contributed by atoms with Crippen molar-refractivity contribution in [1.82, 2.24) is 34.5 Å². The number of rotatable bonds is 13. The quantitative estimate of drug-likeness (QED) is 0.0816. The molecule has 400 valence electrons. The molecule has 4 N–H and O–H groups in total. The summed E-state index contributed by atoms with van der Waals surface area (Å²) in [6.45, 7) is 6.88. The van der Waals surface area contributed by atoms with E-state index in [4.69, 9.17) is 4.74 Å². The van der Waals surface area contributed by atoms with Gasteiger partial charge in [-0.3, -0.25) is 47.8 Å². The predicted molar refractivity (Wildman–Crippen MR) is 275 cm³/mol. The van der Waals surface area contributed by atoms with Crippen molar-refractivity contribution in [2.45, 2.75) is 108 Å². The second-order valence-corrected chi connectivity index (χ2v) is 24.1. The van der Waals surface area contributed by atoms with Crippen LogP contribution in [-0.4, -0.2) is 127 Å². The number of imide groups is 1. The first-order valence-electron chi connectivity index (χ1n) is 25.4. The molecule has 5 aromatic rings. The van der Waals surface area contributed by atoms with E-state index in [1.807, 2.05) is 48.5 Å². The number of carbonyl (C=O) groups is 6. The molecular formula is C53H62F2N7O11PS. The fraction of sp³-hybridized carbons (Fsp3) is 0.491. The van der Waals surface area contributed by atoms with E-state index in [-0.39, 0.29) is 77.9 Å². The van der Waals surface area contributed by atoms with Crippen molar-refractivity contribution in [2.75, 3.05) is 39.3 Å². The standard InChI is InChI=1S/C53H62F2N7O11PS/c1-52(2,3)46(57-48(66)42-28-35-27-36(13-16-41(35)75-42)53(54,55)74(70,71)72)50(68)61-24-20-40(45(61)49(67)60-21-8-11-34(29-60)33-9-6-5-7-10-33)73-30-44(64)59-22-18-31(19-23-59)25-32-12-14-37-39(26-32)58(4)51(69)62(37)38-15-17-43(63)56-47(38)65/h5-7,9-10,12-14,16,26-28,31,34,38,40,45-46H,8,11,15,17-25,29-30H2,1-4H3,(H,57,66)(H,56,63,65)(H2,70,71,72)/t34-,38?,40+,45-,46+/m0/s1. The molecule has 4 saturated heterocycles. The van der Waals surface area contributed by atoms with Crippen molar-refractivity contribution in [3.8, 4) is 0 Å². The number of aromatic nitrogens is 2. The van der Waals surface area contributed by atoms with Gasteiger partial charge in [0.05, 0.1) is 22.0 Å². The van der Waals surface area contributed by atoms with Crippen molar-refractivity contribution in [3.63, 3.8) is 0 Å². The third-order valence-electron chi connectivity index (χ3n) is 15.3. The molecule has 1 unspecified atom stereocenters. The number of benzene rings is 3. The minimum atomic E-state index is -5.85. The van der Waals surface area contributed by atoms with Crippen LogP contribution in [0.1, 0.15) is 104 Å². The van der Waals surface area contributed by atoms with Crippen LogP contribution >= 0.6 is 18.9 Å². The van der Waals surface area contributed by atoms with Crippen LogP contribution < -0.4 is 16.3 Å². The lowest BCUT2D eigenvalue weighted by Gasteiger charge is -2.40. The minimum Gasteiger partial charge on any atom is -0.366 e. The lowest BCUT2D eigenvalue weighted by molar-refractivity contribution is -0.152. The Bertz CT molecular complexity index is 3160. The highest BCUT2D eigenvalue weighted by Gasteiger charge is 2.51. The van der Waals surface area contributed by atoms with Gasteiger partial charge in [0.15, 0.2) is 0 Å². The van der Waals surface area contributed by atoms with Crippen molar-refractivity contribution >= 4 is 75.5 Å². The monoisotopic (exact) mass is 1070 g/mol. The van der Waals surface area contributed by atoms with Gasteiger partial charge in [-0.2, -0.15) is 8.78 Å². The van der Waals surface area contributed by atoms with E-state index >= 15 is 0 Å². The molecule has 9 rings (SSSR count). The van der Waals surface area contributed by atoms with E-state index in [1.165, 1.54) is 26.2 Å². The molecule has 6 amide bonds. The minimum absolute atomic E-state index is 0.0592. The van der Waals surface area contributed by atoms with E-state index in [0.29, 0.717) is 61.2 Å². The summed E-state index contributed by atoms with van der Waals surface area (Å²) < 4.78 is 50.6. The third kappa shape index (κ3) is 11.0. The summed E-state index contributed by atoms with van der Waals surface area (Å²) in [5.74, 6) is -2.36. The predicted octanol–water partition coefficient (Wildman–Crippen LogP) is 5.78. The van der Waals surface area contributed by atoms with Crippen LogP contribution in [0.15, 0.2) is 77.6 Å². The summed E-state index contributed by atoms with van der Waals surface area (Å²) in [4.78, 5) is 119. The van der Waals surface area contributed by atoms with E-state index in [0.717, 1.165) is 47.4 Å². The van der Waals surface area contributed by atoms with Gasteiger partial charge in [-0.05, 0) is 103 Å². The Labute approximate surface area is 435 Å². The fourth-order valence-corrected chi connectivity index (χ4v) is 12.5. The first kappa shape index (κ1) is 53.7. The molecule has 0 aliphatic carbocycles. The Morgan fingerprint density at radius 3 is 2.31 bits per heavy atom. The molecule has 4 aliphatic rings. The van der Waals surface area contributed by atoms with Crippen molar-refractivity contribution in [1.29, 1.82) is 0 Å². The number of ether oxygens (including phenoxy) is 1. The molecule has 5 atom stereocenters. The molecule has 6 heterocycles. The van der Waals surface area contributed by atoms with E-state index < -0.39 is 66.2 Å². The van der Waals surface area contributed by atoms with Crippen molar-refractivity contribution < 1.29 is 56.6 Å². The van der Waals surface area contributed by atoms with E-state index in [1.54, 1.807) is 37.6 Å². The second kappa shape index (κ2) is 21.1. The van der Waals surface area contributed by atoms with Crippen LogP contribution in [0.5, 0.6) is 0 Å². The summed E-state index contributed by atoms with van der Waals surface area (Å²) in [5, 5.41) is 5.33. The second-order valence-electron chi connectivity index (χ2n) is 21.4. The van der Waals surface area contributed by atoms with Gasteiger partial charge in [-0.15, -0.1) is 11.3 Å². The molecule has 0 spiro atoms. The van der Waals surface area contributed by atoms with Crippen LogP contribution in [0.4, 0.5) is 8.78 Å². The molecule has 4 aliphatic heterocycles. The maximum absolute atomic E-state index is 15.0. The summed E-state index contributed by atoms with van der Waals surface area (Å²) >= 11 is 0.958. The SMILES string of the molecule is Cn1c(=O)n(C2CCC(=O)NC2=O)c2ccc(CC3CCN(C(=O)CO[C@@H]4CCN(C(=O)[C@@H](NC(=O)c5cc6cc(C(F)(F)P(=O)(O)O)ccc6s5)C(C)(C)C)[C@@H]4C(=O)N4CCC[C@H](c5ccccc5)C4)CC3)cc21. The summed E-state index contributed by atoms with van der Waals surface area (Å²) in [6.07, 6.45) is 3.49. The normalized spacial score (nSPS) is 21.7. The van der Waals surface area contributed by atoms with Crippen LogP contribution in [0.2, 0.25) is 0 Å². The van der Waals surface area contributed by atoms with Gasteiger partial charge in [0.2, 0.25) is 29.5 Å². The van der Waals surface area contributed by atoms with Crippen molar-refractivity contribution in [3.05, 3.63) is 105 Å². The number of imidazole rings is 1. The summed E-state index contributed by atoms with van der Waals surface area (Å²) in [5.41, 5.74) is -3.23. The van der Waals surface area contributed by atoms with Crippen molar-refractivity contribution in [2.24, 2.45) is 18.4 Å². The maximum Gasteiger partial charge on any atom is 0.399 e. The number of hydrogen-bond donors (Lipinski definition) is 4. The lowest BCUT2D eigenvalue weighted by atomic mass is 9.85. The molecule has 0 saturated carbocycles. The Morgan fingerprint density at radius 2 is 1.61 bits per heavy atom. The number of hydrogen-bond acceptors (Lipinski definition) is 10. The number of likely N-dealkylation sites (tertiary alicyclic amines) is 3. The number of nitrogens with one attached hydrogen (secondary N) is 2. The molecule has 18 nitrogen and oxygen atoms in total. The average molecular weight is 1070 g/mol. The molecular weight excluding hydrogens is 1010 g/mol. The topological polar surface area (TPSA) is 230 Å². The average Bonchev–Trinajstić information content (AvgIpc) is 4.08. The van der Waals surface area contributed by atoms with E-state index in [2.05, 4.69) is 10.6 Å². The molecule has 4 fully saturated rings. The highest BCUT2D eigenvalue weighted by Crippen LogP contribution is 2.59. The molecule has 22 heteroatoms. The number of amides is 6. The van der Waals surface area contributed by atoms with Gasteiger partial charge in [-0.25, -0.2) is 4.79 Å². The molecule has 75 heavy (non-hydrogen) atoms. The molecule has 3 aromatic carbocycles. The lowest BCUT2D eigenvalue weighted by Crippen LogP contribution is -2.60. The Morgan fingerprint density at radius 1 is 0.880 bits per heavy atom. The Kier molecular flexibility index (Phi) is 15.1. The van der Waals surface area contributed by atoms with Gasteiger partial charge in [-0.1, -0.05) is 63.2 Å². The number of halogens is 2. The number of carbonyl (C=O) groups excluding carboxylic acids is 6. The number of fused-ring (bicyclic) bond motifs is 2. The van der Waals surface area contributed by atoms with Crippen LogP contribution in [0.3, 0.4) is 0 Å². The van der Waals surface area contributed by atoms with E-state index in [9.17, 15) is 56.7 Å². The smallest absolute Gasteiger partial charge is 0.366 e. The zero-order valence-electron chi connectivity index (χ0n) is 42.2. The fourth-order valence-electron chi connectivity index (χ4n) is 11.1. The third-order valence-corrected chi connectivity index (χ3v) is 17.4. The van der Waals surface area contributed by atoms with Crippen LogP contribution in [0.25, 0.3) is 21.1 Å². The molecule has 2 aromatic heterocycles. The highest BCUT2D eigenvalue weighted by molar-refractivity contribution is 7.52. The number of aryl methyl sites for hydroxylation is 1. The van der Waals surface area contributed by atoms with Crippen LogP contribution in [0, 0.1) is 11.3 Å². The Balaban J connectivity index is 0.878. The highest BCUT2D eigenvalue weighted by atomic mass is 32.1. The zero-order chi connectivity index (χ0) is 53.7. The van der Waals surface area contributed by atoms with Gasteiger partial charge < -0.3 is 34.5 Å². The number of thiophene rings is 1. The Hall–Kier alpha value is -6.12.